The van der Waals surface area contributed by atoms with Crippen LogP contribution in [0.5, 0.6) is 0 Å². The van der Waals surface area contributed by atoms with Gasteiger partial charge in [0.15, 0.2) is 6.10 Å². The molecule has 8 nitrogen and oxygen atoms in total. The Kier molecular flexibility index (Phi) is 22.7. The van der Waals surface area contributed by atoms with Gasteiger partial charge in [-0.15, -0.1) is 23.4 Å². The number of carbonyl (C=O) groups is 2. The molecule has 2 heterocycles. The molecule has 1 amide bonds. The molecule has 2 aliphatic heterocycles. The number of alkyl halides is 1. The molecule has 2 aliphatic rings. The Morgan fingerprint density at radius 3 is 2.02 bits per heavy atom. The van der Waals surface area contributed by atoms with Gasteiger partial charge in [0.2, 0.25) is 5.91 Å². The van der Waals surface area contributed by atoms with Crippen LogP contribution in [0.25, 0.3) is 0 Å². The van der Waals surface area contributed by atoms with Gasteiger partial charge in [0, 0.05) is 13.0 Å². The molecule has 1 unspecified atom stereocenters. The minimum Gasteiger partial charge on any atom is -1.00 e. The largest absolute Gasteiger partial charge is 1.00 e. The number of aliphatic hydroxyl groups is 2. The van der Waals surface area contributed by atoms with Crippen molar-refractivity contribution in [3.8, 4) is 0 Å². The van der Waals surface area contributed by atoms with E-state index in [1.807, 2.05) is 7.05 Å². The van der Waals surface area contributed by atoms with Gasteiger partial charge in [0.05, 0.1) is 17.5 Å². The quantitative estimate of drug-likeness (QED) is 0.0898. The summed E-state index contributed by atoms with van der Waals surface area (Å²) in [4.78, 5) is 28.0. The van der Waals surface area contributed by atoms with E-state index in [9.17, 15) is 19.8 Å². The first-order valence-electron chi connectivity index (χ1n) is 17.5. The number of likely N-dealkylation sites (N-methyl/N-ethyl adjacent to an activating group) is 1. The molecule has 0 spiro atoms. The highest BCUT2D eigenvalue weighted by atomic mass is 35.5. The predicted octanol–water partition coefficient (Wildman–Crippen LogP) is 3.43. The van der Waals surface area contributed by atoms with Crippen LogP contribution < -0.4 is 17.7 Å². The molecular formula is C34H63Cl2N2O6S-. The van der Waals surface area contributed by atoms with Crippen LogP contribution >= 0.6 is 23.4 Å². The van der Waals surface area contributed by atoms with E-state index in [4.69, 9.17) is 21.1 Å². The van der Waals surface area contributed by atoms with Crippen molar-refractivity contribution in [2.75, 3.05) is 19.8 Å². The van der Waals surface area contributed by atoms with E-state index in [1.54, 1.807) is 13.2 Å². The standard InChI is InChI=1S/C34H63ClN2O6S.ClH/c1-6-8-9-10-11-12-13-14-15-16-17-18-19-21-27(38)42-32-30(40)29(39)31(43-34(32)44-5)28(24(3)35)36-33(41)26-22-25(20-7-2)23-37(26)4;/h24-26,28-32,34,39-40H,6-23H2,1-5H3,(H,36,41);1H/p-1/t24-,25+,26-,28+,29+,30-,31?,32+,34+;/m0./s1. The number of hydrogen-bond donors (Lipinski definition) is 3. The molecule has 2 saturated heterocycles. The first-order chi connectivity index (χ1) is 21.1. The fourth-order valence-electron chi connectivity index (χ4n) is 6.72. The summed E-state index contributed by atoms with van der Waals surface area (Å²) in [7, 11) is 1.95. The molecular weight excluding hydrogens is 635 g/mol. The minimum atomic E-state index is -1.38. The zero-order valence-corrected chi connectivity index (χ0v) is 30.9. The van der Waals surface area contributed by atoms with Crippen molar-refractivity contribution in [1.82, 2.24) is 10.2 Å². The van der Waals surface area contributed by atoms with Crippen LogP contribution in [0.4, 0.5) is 0 Å². The topological polar surface area (TPSA) is 108 Å². The number of nitrogens with one attached hydrogen (secondary N) is 1. The van der Waals surface area contributed by atoms with Gasteiger partial charge in [0.25, 0.3) is 0 Å². The van der Waals surface area contributed by atoms with Crippen molar-refractivity contribution in [2.24, 2.45) is 5.92 Å². The van der Waals surface area contributed by atoms with E-state index in [-0.39, 0.29) is 30.8 Å². The number of amides is 1. The lowest BCUT2D eigenvalue weighted by atomic mass is 9.92. The van der Waals surface area contributed by atoms with E-state index >= 15 is 0 Å². The summed E-state index contributed by atoms with van der Waals surface area (Å²) < 4.78 is 11.9. The Morgan fingerprint density at radius 1 is 0.956 bits per heavy atom. The number of halogens is 2. The van der Waals surface area contributed by atoms with Gasteiger partial charge < -0.3 is 37.4 Å². The summed E-state index contributed by atoms with van der Waals surface area (Å²) in [5.74, 6) is -0.0742. The maximum absolute atomic E-state index is 13.3. The predicted molar refractivity (Wildman–Crippen MR) is 181 cm³/mol. The lowest BCUT2D eigenvalue weighted by molar-refractivity contribution is -0.218. The van der Waals surface area contributed by atoms with Gasteiger partial charge in [-0.1, -0.05) is 97.3 Å². The van der Waals surface area contributed by atoms with Crippen LogP contribution in [0, 0.1) is 5.92 Å². The van der Waals surface area contributed by atoms with Gasteiger partial charge >= 0.3 is 5.97 Å². The first kappa shape index (κ1) is 42.7. The Hall–Kier alpha value is -0.290. The maximum Gasteiger partial charge on any atom is 0.306 e. The monoisotopic (exact) mass is 697 g/mol. The number of unbranched alkanes of at least 4 members (excludes halogenated alkanes) is 12. The molecule has 0 aliphatic carbocycles. The van der Waals surface area contributed by atoms with E-state index in [2.05, 4.69) is 24.1 Å². The zero-order chi connectivity index (χ0) is 32.5. The van der Waals surface area contributed by atoms with E-state index < -0.39 is 47.2 Å². The second-order valence-electron chi connectivity index (χ2n) is 13.2. The van der Waals surface area contributed by atoms with Crippen molar-refractivity contribution >= 4 is 35.2 Å². The minimum absolute atomic E-state index is 0. The molecule has 0 bridgehead atoms. The van der Waals surface area contributed by atoms with Crippen molar-refractivity contribution in [1.29, 1.82) is 0 Å². The number of likely N-dealkylation sites (tertiary alicyclic amines) is 1. The summed E-state index contributed by atoms with van der Waals surface area (Å²) in [6, 6.07) is -1.00. The first-order valence-corrected chi connectivity index (χ1v) is 19.2. The molecule has 9 atom stereocenters. The highest BCUT2D eigenvalue weighted by Crippen LogP contribution is 2.33. The Labute approximate surface area is 289 Å². The summed E-state index contributed by atoms with van der Waals surface area (Å²) in [5.41, 5.74) is -0.702. The average molecular weight is 699 g/mol. The van der Waals surface area contributed by atoms with E-state index in [0.29, 0.717) is 5.92 Å². The lowest BCUT2D eigenvalue weighted by Gasteiger charge is -2.45. The lowest BCUT2D eigenvalue weighted by Crippen LogP contribution is -3.00. The van der Waals surface area contributed by atoms with Crippen molar-refractivity contribution < 1.29 is 41.7 Å². The molecule has 266 valence electrons. The van der Waals surface area contributed by atoms with Crippen molar-refractivity contribution in [3.05, 3.63) is 0 Å². The molecule has 0 radical (unpaired) electrons. The van der Waals surface area contributed by atoms with Gasteiger partial charge in [-0.3, -0.25) is 14.5 Å². The number of thioether (sulfide) groups is 1. The number of esters is 1. The van der Waals surface area contributed by atoms with Gasteiger partial charge in [-0.05, 0) is 45.4 Å². The Balaban J connectivity index is 0.0000101. The molecule has 0 aromatic carbocycles. The number of nitrogens with zero attached hydrogens (tertiary/aromatic N) is 1. The third-order valence-corrected chi connectivity index (χ3v) is 10.5. The van der Waals surface area contributed by atoms with Crippen LogP contribution in [0.1, 0.15) is 130 Å². The Morgan fingerprint density at radius 2 is 1.51 bits per heavy atom. The van der Waals surface area contributed by atoms with Gasteiger partial charge in [0.1, 0.15) is 23.7 Å². The maximum atomic E-state index is 13.3. The molecule has 0 saturated carbocycles. The van der Waals surface area contributed by atoms with Crippen LogP contribution in [0.15, 0.2) is 0 Å². The molecule has 2 rings (SSSR count). The van der Waals surface area contributed by atoms with E-state index in [0.717, 1.165) is 45.1 Å². The van der Waals surface area contributed by atoms with Crippen LogP contribution in [-0.2, 0) is 19.1 Å². The van der Waals surface area contributed by atoms with Crippen molar-refractivity contribution in [2.45, 2.75) is 177 Å². The summed E-state index contributed by atoms with van der Waals surface area (Å²) in [6.45, 7) is 7.01. The van der Waals surface area contributed by atoms with Crippen LogP contribution in [-0.4, -0.2) is 94.2 Å². The average Bonchev–Trinajstić information content (AvgIpc) is 3.36. The molecule has 0 aromatic rings. The summed E-state index contributed by atoms with van der Waals surface area (Å²) in [5, 5.41) is 24.6. The molecule has 0 aromatic heterocycles. The number of ether oxygens (including phenoxy) is 2. The van der Waals surface area contributed by atoms with Crippen molar-refractivity contribution in [3.63, 3.8) is 0 Å². The second kappa shape index (κ2) is 23.9. The third-order valence-electron chi connectivity index (χ3n) is 9.36. The SMILES string of the molecule is CCCCCCCCCCCCCCCC(=O)O[C@@H]1[C@@H](O)[C@@H](O)C([C@H](NC(=O)[C@@H]2C[C@@H](CCC)CN2C)[C@H](C)Cl)O[C@@H]1SC.[Cl-]. The fraction of sp³-hybridized carbons (Fsp3) is 0.941. The molecule has 11 heteroatoms. The number of aliphatic hydroxyl groups excluding tert-OH is 2. The van der Waals surface area contributed by atoms with Crippen LogP contribution in [0.2, 0.25) is 0 Å². The van der Waals surface area contributed by atoms with Gasteiger partial charge in [-0.25, -0.2) is 0 Å². The fourth-order valence-corrected chi connectivity index (χ4v) is 7.65. The van der Waals surface area contributed by atoms with Gasteiger partial charge in [-0.2, -0.15) is 0 Å². The highest BCUT2D eigenvalue weighted by Gasteiger charge is 2.50. The normalized spacial score (nSPS) is 28.3. The molecule has 2 fully saturated rings. The number of hydrogen-bond acceptors (Lipinski definition) is 8. The summed E-state index contributed by atoms with van der Waals surface area (Å²) in [6.07, 6.45) is 16.3. The zero-order valence-electron chi connectivity index (χ0n) is 28.6. The number of rotatable bonds is 22. The number of carbonyl (C=O) groups excluding carboxylic acids is 2. The molecule has 3 N–H and O–H groups in total. The Bertz CT molecular complexity index is 811. The molecule has 45 heavy (non-hydrogen) atoms. The highest BCUT2D eigenvalue weighted by molar-refractivity contribution is 7.99. The van der Waals surface area contributed by atoms with E-state index in [1.165, 1.54) is 76.0 Å². The summed E-state index contributed by atoms with van der Waals surface area (Å²) >= 11 is 7.82. The third kappa shape index (κ3) is 14.8. The van der Waals surface area contributed by atoms with Crippen LogP contribution in [0.3, 0.4) is 0 Å². The second-order valence-corrected chi connectivity index (χ2v) is 14.8. The smallest absolute Gasteiger partial charge is 0.306 e.